The molecule has 0 radical (unpaired) electrons. The Morgan fingerprint density at radius 3 is 2.39 bits per heavy atom. The number of sulfonamides is 1. The first-order chi connectivity index (χ1) is 14.8. The number of hydrogen-bond donors (Lipinski definition) is 1. The van der Waals surface area contributed by atoms with Gasteiger partial charge in [-0.2, -0.15) is 4.31 Å². The second-order valence-electron chi connectivity index (χ2n) is 6.67. The second kappa shape index (κ2) is 10.3. The van der Waals surface area contributed by atoms with Crippen LogP contribution in [0.1, 0.15) is 25.8 Å². The molecule has 1 N–H and O–H groups in total. The molecule has 31 heavy (non-hydrogen) atoms. The molecule has 0 aliphatic carbocycles. The summed E-state index contributed by atoms with van der Waals surface area (Å²) in [5.41, 5.74) is 1.64. The molecule has 3 aromatic rings. The summed E-state index contributed by atoms with van der Waals surface area (Å²) in [6.45, 7) is 4.46. The number of aryl methyl sites for hydroxylation is 1. The highest BCUT2D eigenvalue weighted by Gasteiger charge is 2.21. The van der Waals surface area contributed by atoms with E-state index in [1.165, 1.54) is 15.6 Å². The SMILES string of the molecule is CCN(CC)S(=O)(=O)c1ccc(CCC(=O)Nc2nnc(-c3ccccc3Cl)s2)cc1. The molecule has 0 spiro atoms. The number of aromatic nitrogens is 2. The highest BCUT2D eigenvalue weighted by Crippen LogP contribution is 2.31. The molecule has 0 atom stereocenters. The van der Waals surface area contributed by atoms with Gasteiger partial charge in [-0.25, -0.2) is 8.42 Å². The lowest BCUT2D eigenvalue weighted by molar-refractivity contribution is -0.116. The Hall–Kier alpha value is -2.33. The smallest absolute Gasteiger partial charge is 0.243 e. The number of carbonyl (C=O) groups excluding carboxylic acids is 1. The maximum atomic E-state index is 12.5. The van der Waals surface area contributed by atoms with E-state index in [0.717, 1.165) is 11.1 Å². The van der Waals surface area contributed by atoms with Gasteiger partial charge in [0, 0.05) is 25.1 Å². The summed E-state index contributed by atoms with van der Waals surface area (Å²) in [5, 5.41) is 12.4. The Kier molecular flexibility index (Phi) is 7.77. The molecule has 0 aliphatic heterocycles. The number of hydrogen-bond acceptors (Lipinski definition) is 6. The first kappa shape index (κ1) is 23.3. The fourth-order valence-corrected chi connectivity index (χ4v) is 5.54. The van der Waals surface area contributed by atoms with Gasteiger partial charge in [0.05, 0.1) is 9.92 Å². The van der Waals surface area contributed by atoms with E-state index in [2.05, 4.69) is 15.5 Å². The van der Waals surface area contributed by atoms with E-state index in [9.17, 15) is 13.2 Å². The first-order valence-electron chi connectivity index (χ1n) is 9.82. The van der Waals surface area contributed by atoms with Crippen molar-refractivity contribution in [2.75, 3.05) is 18.4 Å². The highest BCUT2D eigenvalue weighted by molar-refractivity contribution is 7.89. The number of nitrogens with one attached hydrogen (secondary N) is 1. The van der Waals surface area contributed by atoms with Gasteiger partial charge < -0.3 is 5.32 Å². The lowest BCUT2D eigenvalue weighted by atomic mass is 10.1. The standard InChI is InChI=1S/C21H23ClN4O3S2/c1-3-26(4-2)31(28,29)16-12-9-15(10-13-16)11-14-19(27)23-21-25-24-20(30-21)17-7-5-6-8-18(17)22/h5-10,12-13H,3-4,11,14H2,1-2H3,(H,23,25,27). The van der Waals surface area contributed by atoms with Crippen LogP contribution in [0.5, 0.6) is 0 Å². The summed E-state index contributed by atoms with van der Waals surface area (Å²) >= 11 is 7.43. The molecule has 3 rings (SSSR count). The fraction of sp³-hybridized carbons (Fsp3) is 0.286. The van der Waals surface area contributed by atoms with Crippen molar-refractivity contribution in [1.82, 2.24) is 14.5 Å². The first-order valence-corrected chi connectivity index (χ1v) is 12.5. The van der Waals surface area contributed by atoms with Gasteiger partial charge >= 0.3 is 0 Å². The fourth-order valence-electron chi connectivity index (χ4n) is 3.00. The van der Waals surface area contributed by atoms with Crippen LogP contribution in [-0.2, 0) is 21.2 Å². The van der Waals surface area contributed by atoms with Crippen molar-refractivity contribution < 1.29 is 13.2 Å². The lowest BCUT2D eigenvalue weighted by Gasteiger charge is -2.18. The monoisotopic (exact) mass is 478 g/mol. The van der Waals surface area contributed by atoms with E-state index in [0.29, 0.717) is 34.7 Å². The van der Waals surface area contributed by atoms with E-state index in [1.807, 2.05) is 32.0 Å². The molecule has 0 bridgehead atoms. The minimum atomic E-state index is -3.48. The summed E-state index contributed by atoms with van der Waals surface area (Å²) in [5.74, 6) is -0.193. The minimum absolute atomic E-state index is 0.193. The maximum Gasteiger partial charge on any atom is 0.243 e. The quantitative estimate of drug-likeness (QED) is 0.490. The maximum absolute atomic E-state index is 12.5. The van der Waals surface area contributed by atoms with E-state index in [4.69, 9.17) is 11.6 Å². The number of anilines is 1. The number of nitrogens with zero attached hydrogens (tertiary/aromatic N) is 3. The number of amides is 1. The number of halogens is 1. The third kappa shape index (κ3) is 5.68. The summed E-state index contributed by atoms with van der Waals surface area (Å²) < 4.78 is 26.5. The van der Waals surface area contributed by atoms with E-state index in [-0.39, 0.29) is 17.2 Å². The van der Waals surface area contributed by atoms with E-state index in [1.54, 1.807) is 30.3 Å². The normalized spacial score (nSPS) is 11.6. The van der Waals surface area contributed by atoms with E-state index < -0.39 is 10.0 Å². The van der Waals surface area contributed by atoms with Crippen LogP contribution < -0.4 is 5.32 Å². The van der Waals surface area contributed by atoms with Crippen LogP contribution in [0, 0.1) is 0 Å². The van der Waals surface area contributed by atoms with Crippen molar-refractivity contribution in [3.05, 3.63) is 59.1 Å². The Balaban J connectivity index is 1.57. The average molecular weight is 479 g/mol. The summed E-state index contributed by atoms with van der Waals surface area (Å²) in [4.78, 5) is 12.5. The molecule has 1 amide bonds. The molecular formula is C21H23ClN4O3S2. The zero-order valence-electron chi connectivity index (χ0n) is 17.2. The molecule has 0 fully saturated rings. The number of carbonyl (C=O) groups is 1. The third-order valence-electron chi connectivity index (χ3n) is 4.68. The largest absolute Gasteiger partial charge is 0.301 e. The van der Waals surface area contributed by atoms with Crippen LogP contribution in [0.3, 0.4) is 0 Å². The van der Waals surface area contributed by atoms with Crippen LogP contribution >= 0.6 is 22.9 Å². The van der Waals surface area contributed by atoms with Crippen molar-refractivity contribution in [2.45, 2.75) is 31.6 Å². The molecule has 164 valence electrons. The topological polar surface area (TPSA) is 92.3 Å². The Morgan fingerprint density at radius 2 is 1.74 bits per heavy atom. The van der Waals surface area contributed by atoms with Crippen molar-refractivity contribution in [2.24, 2.45) is 0 Å². The van der Waals surface area contributed by atoms with Crippen molar-refractivity contribution >= 4 is 44.0 Å². The summed E-state index contributed by atoms with van der Waals surface area (Å²) in [7, 11) is -3.48. The Labute approximate surface area is 191 Å². The molecule has 10 heteroatoms. The molecule has 1 heterocycles. The Bertz CT molecular complexity index is 1140. The zero-order chi connectivity index (χ0) is 22.4. The molecule has 7 nitrogen and oxygen atoms in total. The Morgan fingerprint density at radius 1 is 1.06 bits per heavy atom. The average Bonchev–Trinajstić information content (AvgIpc) is 3.21. The molecular weight excluding hydrogens is 456 g/mol. The van der Waals surface area contributed by atoms with Crippen LogP contribution in [0.2, 0.25) is 5.02 Å². The van der Waals surface area contributed by atoms with Crippen LogP contribution in [0.4, 0.5) is 5.13 Å². The predicted molar refractivity (Wildman–Crippen MR) is 124 cm³/mol. The van der Waals surface area contributed by atoms with Crippen LogP contribution in [0.15, 0.2) is 53.4 Å². The summed E-state index contributed by atoms with van der Waals surface area (Å²) in [6.07, 6.45) is 0.719. The van der Waals surface area contributed by atoms with Crippen molar-refractivity contribution in [3.63, 3.8) is 0 Å². The second-order valence-corrected chi connectivity index (χ2v) is 10.00. The molecule has 0 aliphatic rings. The van der Waals surface area contributed by atoms with Gasteiger partial charge in [-0.1, -0.05) is 67.1 Å². The van der Waals surface area contributed by atoms with Gasteiger partial charge in [0.1, 0.15) is 0 Å². The zero-order valence-corrected chi connectivity index (χ0v) is 19.6. The van der Waals surface area contributed by atoms with Crippen molar-refractivity contribution in [3.8, 4) is 10.6 Å². The third-order valence-corrected chi connectivity index (χ3v) is 7.95. The molecule has 0 saturated heterocycles. The van der Waals surface area contributed by atoms with E-state index >= 15 is 0 Å². The van der Waals surface area contributed by atoms with Gasteiger partial charge in [-0.05, 0) is 30.2 Å². The number of rotatable bonds is 9. The summed E-state index contributed by atoms with van der Waals surface area (Å²) in [6, 6.07) is 14.0. The highest BCUT2D eigenvalue weighted by atomic mass is 35.5. The molecule has 0 unspecified atom stereocenters. The lowest BCUT2D eigenvalue weighted by Crippen LogP contribution is -2.30. The molecule has 2 aromatic carbocycles. The van der Waals surface area contributed by atoms with Gasteiger partial charge in [0.2, 0.25) is 21.1 Å². The van der Waals surface area contributed by atoms with Gasteiger partial charge in [-0.3, -0.25) is 4.79 Å². The molecule has 0 saturated carbocycles. The van der Waals surface area contributed by atoms with Gasteiger partial charge in [0.25, 0.3) is 0 Å². The molecule has 1 aromatic heterocycles. The predicted octanol–water partition coefficient (Wildman–Crippen LogP) is 4.46. The van der Waals surface area contributed by atoms with Crippen LogP contribution in [-0.4, -0.2) is 41.9 Å². The minimum Gasteiger partial charge on any atom is -0.301 e. The van der Waals surface area contributed by atoms with Gasteiger partial charge in [-0.15, -0.1) is 10.2 Å². The van der Waals surface area contributed by atoms with Crippen LogP contribution in [0.25, 0.3) is 10.6 Å². The van der Waals surface area contributed by atoms with Gasteiger partial charge in [0.15, 0.2) is 5.01 Å². The van der Waals surface area contributed by atoms with Crippen molar-refractivity contribution in [1.29, 1.82) is 0 Å². The number of benzene rings is 2.